The molecule has 0 bridgehead atoms. The lowest BCUT2D eigenvalue weighted by atomic mass is 9.85. The van der Waals surface area contributed by atoms with Gasteiger partial charge in [0.25, 0.3) is 0 Å². The van der Waals surface area contributed by atoms with Crippen LogP contribution in [0.2, 0.25) is 5.02 Å². The lowest BCUT2D eigenvalue weighted by Gasteiger charge is -2.25. The van der Waals surface area contributed by atoms with Crippen molar-refractivity contribution in [3.8, 4) is 11.4 Å². The van der Waals surface area contributed by atoms with Gasteiger partial charge in [-0.3, -0.25) is 4.79 Å². The highest BCUT2D eigenvalue weighted by molar-refractivity contribution is 9.24. The smallest absolute Gasteiger partial charge is 0.308 e. The highest BCUT2D eigenvalue weighted by Gasteiger charge is 2.26. The molecule has 0 saturated heterocycles. The monoisotopic (exact) mass is 513 g/mol. The molecule has 3 aromatic rings. The molecule has 1 aromatic heterocycles. The summed E-state index contributed by atoms with van der Waals surface area (Å²) in [5, 5.41) is 9.66. The van der Waals surface area contributed by atoms with Gasteiger partial charge in [-0.1, -0.05) is 64.2 Å². The molecule has 27 heavy (non-hydrogen) atoms. The molecule has 0 unspecified atom stereocenters. The van der Waals surface area contributed by atoms with Crippen LogP contribution in [0.5, 0.6) is 5.75 Å². The van der Waals surface area contributed by atoms with Gasteiger partial charge in [0, 0.05) is 17.5 Å². The molecule has 1 heterocycles. The van der Waals surface area contributed by atoms with Gasteiger partial charge in [0.05, 0.1) is 3.74 Å². The minimum Gasteiger partial charge on any atom is -0.424 e. The van der Waals surface area contributed by atoms with Gasteiger partial charge in [0.1, 0.15) is 16.7 Å². The lowest BCUT2D eigenvalue weighted by Crippen LogP contribution is -2.18. The number of rotatable bonds is 3. The number of carbonyl (C=O) groups is 1. The van der Waals surface area contributed by atoms with Crippen molar-refractivity contribution < 1.29 is 9.53 Å². The molecule has 0 amide bonds. The quantitative estimate of drug-likeness (QED) is 0.241. The van der Waals surface area contributed by atoms with Crippen molar-refractivity contribution in [2.45, 2.75) is 36.8 Å². The van der Waals surface area contributed by atoms with E-state index in [4.69, 9.17) is 16.3 Å². The van der Waals surface area contributed by atoms with Crippen molar-refractivity contribution in [2.75, 3.05) is 0 Å². The normalized spacial score (nSPS) is 12.0. The molecule has 142 valence electrons. The predicted octanol–water partition coefficient (Wildman–Crippen LogP) is 6.09. The number of hydrogen-bond acceptors (Lipinski definition) is 4. The first-order valence-corrected chi connectivity index (χ1v) is 10.4. The molecule has 0 aliphatic heterocycles. The van der Waals surface area contributed by atoms with Crippen LogP contribution in [0.15, 0.2) is 30.3 Å². The van der Waals surface area contributed by atoms with Crippen LogP contribution in [0.25, 0.3) is 16.7 Å². The second kappa shape index (κ2) is 7.53. The average molecular weight is 516 g/mol. The SMILES string of the molecule is CC(=O)Oc1c(-n2nc3ccc(Cl)cc3n2)cc(C(Br)Br)cc1C(C)(C)C. The van der Waals surface area contributed by atoms with E-state index in [0.717, 1.165) is 11.1 Å². The summed E-state index contributed by atoms with van der Waals surface area (Å²) in [7, 11) is 0. The zero-order chi connectivity index (χ0) is 19.9. The average Bonchev–Trinajstić information content (AvgIpc) is 2.95. The van der Waals surface area contributed by atoms with Gasteiger partial charge in [0.2, 0.25) is 0 Å². The van der Waals surface area contributed by atoms with Crippen LogP contribution >= 0.6 is 43.5 Å². The van der Waals surface area contributed by atoms with E-state index in [-0.39, 0.29) is 9.15 Å². The lowest BCUT2D eigenvalue weighted by molar-refractivity contribution is -0.131. The maximum Gasteiger partial charge on any atom is 0.308 e. The van der Waals surface area contributed by atoms with Crippen molar-refractivity contribution in [3.05, 3.63) is 46.5 Å². The number of halogens is 3. The Morgan fingerprint density at radius 2 is 1.81 bits per heavy atom. The number of aromatic nitrogens is 3. The molecule has 0 N–H and O–H groups in total. The van der Waals surface area contributed by atoms with Crippen molar-refractivity contribution in [1.29, 1.82) is 0 Å². The largest absolute Gasteiger partial charge is 0.424 e. The van der Waals surface area contributed by atoms with E-state index < -0.39 is 5.97 Å². The van der Waals surface area contributed by atoms with Crippen LogP contribution in [0, 0.1) is 0 Å². The van der Waals surface area contributed by atoms with Crippen molar-refractivity contribution >= 4 is 60.5 Å². The summed E-state index contributed by atoms with van der Waals surface area (Å²) in [4.78, 5) is 13.3. The summed E-state index contributed by atoms with van der Waals surface area (Å²) >= 11 is 13.2. The van der Waals surface area contributed by atoms with Crippen LogP contribution < -0.4 is 4.74 Å². The Morgan fingerprint density at radius 1 is 1.15 bits per heavy atom. The summed E-state index contributed by atoms with van der Waals surface area (Å²) < 4.78 is 5.54. The fourth-order valence-corrected chi connectivity index (χ4v) is 3.41. The molecule has 0 spiro atoms. The molecule has 0 atom stereocenters. The Labute approximate surface area is 179 Å². The number of alkyl halides is 2. The van der Waals surface area contributed by atoms with Crippen LogP contribution in [-0.2, 0) is 10.2 Å². The van der Waals surface area contributed by atoms with Crippen molar-refractivity contribution in [1.82, 2.24) is 15.0 Å². The van der Waals surface area contributed by atoms with Crippen LogP contribution in [0.4, 0.5) is 0 Å². The molecule has 5 nitrogen and oxygen atoms in total. The van der Waals surface area contributed by atoms with Crippen molar-refractivity contribution in [2.24, 2.45) is 0 Å². The fourth-order valence-electron chi connectivity index (χ4n) is 2.71. The number of ether oxygens (including phenoxy) is 1. The highest BCUT2D eigenvalue weighted by Crippen LogP contribution is 2.41. The first kappa shape index (κ1) is 20.3. The van der Waals surface area contributed by atoms with Crippen molar-refractivity contribution in [3.63, 3.8) is 0 Å². The van der Waals surface area contributed by atoms with E-state index in [1.807, 2.05) is 12.1 Å². The number of carbonyl (C=O) groups excluding carboxylic acids is 1. The van der Waals surface area contributed by atoms with Gasteiger partial charge in [-0.15, -0.1) is 15.0 Å². The Balaban J connectivity index is 2.33. The minimum atomic E-state index is -0.400. The Kier molecular flexibility index (Phi) is 5.66. The van der Waals surface area contributed by atoms with E-state index in [1.165, 1.54) is 11.7 Å². The first-order valence-electron chi connectivity index (χ1n) is 8.24. The maximum atomic E-state index is 11.8. The third-order valence-electron chi connectivity index (χ3n) is 3.96. The van der Waals surface area contributed by atoms with E-state index in [1.54, 1.807) is 18.2 Å². The first-order chi connectivity index (χ1) is 12.6. The second-order valence-electron chi connectivity index (χ2n) is 7.18. The summed E-state index contributed by atoms with van der Waals surface area (Å²) in [6.45, 7) is 7.57. The Morgan fingerprint density at radius 3 is 2.41 bits per heavy atom. The standard InChI is InChI=1S/C19H18Br2ClN3O2/c1-10(26)27-17-13(19(2,3)4)7-11(18(20)21)8-16(17)25-23-14-6-5-12(22)9-15(14)24-25/h5-9,18H,1-4H3. The second-order valence-corrected chi connectivity index (χ2v) is 10.7. The molecule has 3 rings (SSSR count). The van der Waals surface area contributed by atoms with Crippen LogP contribution in [0.1, 0.15) is 42.6 Å². The van der Waals surface area contributed by atoms with E-state index in [9.17, 15) is 4.79 Å². The summed E-state index contributed by atoms with van der Waals surface area (Å²) in [5.74, 6) is 0.0503. The van der Waals surface area contributed by atoms with Crippen LogP contribution in [-0.4, -0.2) is 21.0 Å². The number of hydrogen-bond donors (Lipinski definition) is 0. The topological polar surface area (TPSA) is 57.0 Å². The van der Waals surface area contributed by atoms with Gasteiger partial charge >= 0.3 is 5.97 Å². The van der Waals surface area contributed by atoms with Gasteiger partial charge in [-0.05, 0) is 41.3 Å². The number of esters is 1. The molecular weight excluding hydrogens is 497 g/mol. The fraction of sp³-hybridized carbons (Fsp3) is 0.316. The van der Waals surface area contributed by atoms with E-state index >= 15 is 0 Å². The number of fused-ring (bicyclic) bond motifs is 1. The molecule has 8 heteroatoms. The van der Waals surface area contributed by atoms with Crippen LogP contribution in [0.3, 0.4) is 0 Å². The molecule has 0 saturated carbocycles. The number of benzene rings is 2. The molecule has 0 radical (unpaired) electrons. The Bertz CT molecular complexity index is 1030. The molecule has 0 aliphatic carbocycles. The van der Waals surface area contributed by atoms with Gasteiger partial charge < -0.3 is 4.74 Å². The van der Waals surface area contributed by atoms with Gasteiger partial charge in [-0.2, -0.15) is 0 Å². The highest BCUT2D eigenvalue weighted by atomic mass is 79.9. The molecule has 0 fully saturated rings. The predicted molar refractivity (Wildman–Crippen MR) is 114 cm³/mol. The van der Waals surface area contributed by atoms with Gasteiger partial charge in [-0.25, -0.2) is 0 Å². The van der Waals surface area contributed by atoms with E-state index in [2.05, 4.69) is 62.8 Å². The Hall–Kier alpha value is -1.44. The third-order valence-corrected chi connectivity index (χ3v) is 5.25. The maximum absolute atomic E-state index is 11.8. The van der Waals surface area contributed by atoms with Gasteiger partial charge in [0.15, 0.2) is 5.75 Å². The summed E-state index contributed by atoms with van der Waals surface area (Å²) in [5.41, 5.74) is 3.53. The summed E-state index contributed by atoms with van der Waals surface area (Å²) in [6.07, 6.45) is 0. The number of nitrogens with zero attached hydrogens (tertiary/aromatic N) is 3. The van der Waals surface area contributed by atoms with E-state index in [0.29, 0.717) is 27.5 Å². The zero-order valence-electron chi connectivity index (χ0n) is 15.3. The summed E-state index contributed by atoms with van der Waals surface area (Å²) in [6, 6.07) is 9.22. The molecular formula is C19H18Br2ClN3O2. The molecule has 2 aromatic carbocycles. The zero-order valence-corrected chi connectivity index (χ0v) is 19.2. The third kappa shape index (κ3) is 4.36. The molecule has 0 aliphatic rings. The minimum absolute atomic E-state index is 0.0735.